The Hall–Kier alpha value is -2.31. The SMILES string of the molecule is O=C(NCC(c1cccnc1)N1CCOCC1)C1(c2ccccc2F)CC1. The minimum Gasteiger partial charge on any atom is -0.379 e. The second kappa shape index (κ2) is 7.74. The molecule has 1 N–H and O–H groups in total. The van der Waals surface area contributed by atoms with Crippen LogP contribution in [0.2, 0.25) is 0 Å². The van der Waals surface area contributed by atoms with Gasteiger partial charge < -0.3 is 10.1 Å². The highest BCUT2D eigenvalue weighted by Crippen LogP contribution is 2.49. The van der Waals surface area contributed by atoms with Crippen LogP contribution in [0.4, 0.5) is 4.39 Å². The Kier molecular flexibility index (Phi) is 5.18. The van der Waals surface area contributed by atoms with Gasteiger partial charge in [-0.15, -0.1) is 0 Å². The molecule has 4 rings (SSSR count). The molecule has 142 valence electrons. The summed E-state index contributed by atoms with van der Waals surface area (Å²) in [5.41, 5.74) is 0.859. The van der Waals surface area contributed by atoms with E-state index >= 15 is 0 Å². The van der Waals surface area contributed by atoms with Gasteiger partial charge in [0.2, 0.25) is 5.91 Å². The summed E-state index contributed by atoms with van der Waals surface area (Å²) in [6.07, 6.45) is 4.97. The Balaban J connectivity index is 1.49. The number of hydrogen-bond acceptors (Lipinski definition) is 4. The van der Waals surface area contributed by atoms with Crippen molar-refractivity contribution in [2.45, 2.75) is 24.3 Å². The summed E-state index contributed by atoms with van der Waals surface area (Å²) >= 11 is 0. The molecule has 1 amide bonds. The highest BCUT2D eigenvalue weighted by Gasteiger charge is 2.52. The fourth-order valence-electron chi connectivity index (χ4n) is 3.87. The monoisotopic (exact) mass is 369 g/mol. The number of carbonyl (C=O) groups excluding carboxylic acids is 1. The lowest BCUT2D eigenvalue weighted by molar-refractivity contribution is -0.124. The quantitative estimate of drug-likeness (QED) is 0.850. The molecule has 1 aliphatic heterocycles. The maximum absolute atomic E-state index is 14.2. The van der Waals surface area contributed by atoms with E-state index in [-0.39, 0.29) is 17.8 Å². The average molecular weight is 369 g/mol. The van der Waals surface area contributed by atoms with Crippen LogP contribution in [0, 0.1) is 5.82 Å². The molecule has 0 bridgehead atoms. The zero-order valence-corrected chi connectivity index (χ0v) is 15.2. The zero-order chi connectivity index (χ0) is 18.7. The number of ether oxygens (including phenoxy) is 1. The van der Waals surface area contributed by atoms with Crippen LogP contribution in [0.15, 0.2) is 48.8 Å². The van der Waals surface area contributed by atoms with Gasteiger partial charge in [0.25, 0.3) is 0 Å². The first kappa shape index (κ1) is 18.1. The van der Waals surface area contributed by atoms with Crippen LogP contribution >= 0.6 is 0 Å². The van der Waals surface area contributed by atoms with Gasteiger partial charge >= 0.3 is 0 Å². The van der Waals surface area contributed by atoms with E-state index in [4.69, 9.17) is 4.74 Å². The minimum atomic E-state index is -0.712. The van der Waals surface area contributed by atoms with Crippen molar-refractivity contribution in [2.75, 3.05) is 32.8 Å². The van der Waals surface area contributed by atoms with Crippen molar-refractivity contribution in [1.29, 1.82) is 0 Å². The van der Waals surface area contributed by atoms with E-state index in [2.05, 4.69) is 15.2 Å². The normalized spacial score (nSPS) is 20.0. The lowest BCUT2D eigenvalue weighted by Gasteiger charge is -2.35. The fraction of sp³-hybridized carbons (Fsp3) is 0.429. The van der Waals surface area contributed by atoms with Crippen molar-refractivity contribution >= 4 is 5.91 Å². The minimum absolute atomic E-state index is 0.0305. The Bertz CT molecular complexity index is 789. The van der Waals surface area contributed by atoms with Crippen LogP contribution in [-0.4, -0.2) is 48.6 Å². The third-order valence-electron chi connectivity index (χ3n) is 5.59. The van der Waals surface area contributed by atoms with Gasteiger partial charge in [0.15, 0.2) is 0 Å². The number of amides is 1. The molecule has 2 aromatic rings. The molecule has 1 saturated carbocycles. The molecule has 1 aromatic carbocycles. The van der Waals surface area contributed by atoms with Gasteiger partial charge in [0.1, 0.15) is 5.82 Å². The molecule has 5 nitrogen and oxygen atoms in total. The lowest BCUT2D eigenvalue weighted by atomic mass is 9.94. The summed E-state index contributed by atoms with van der Waals surface area (Å²) in [6, 6.07) is 10.6. The zero-order valence-electron chi connectivity index (χ0n) is 15.2. The number of hydrogen-bond donors (Lipinski definition) is 1. The standard InChI is InChI=1S/C21H24FN3O2/c22-18-6-2-1-5-17(18)21(7-8-21)20(26)24-15-19(16-4-3-9-23-14-16)25-10-12-27-13-11-25/h1-6,9,14,19H,7-8,10-13,15H2,(H,24,26). The van der Waals surface area contributed by atoms with E-state index in [1.165, 1.54) is 6.07 Å². The Morgan fingerprint density at radius 1 is 1.22 bits per heavy atom. The first-order valence-electron chi connectivity index (χ1n) is 9.46. The molecule has 6 heteroatoms. The Morgan fingerprint density at radius 2 is 2.00 bits per heavy atom. The van der Waals surface area contributed by atoms with E-state index in [9.17, 15) is 9.18 Å². The van der Waals surface area contributed by atoms with Gasteiger partial charge in [-0.25, -0.2) is 4.39 Å². The molecule has 1 atom stereocenters. The lowest BCUT2D eigenvalue weighted by Crippen LogP contribution is -2.45. The van der Waals surface area contributed by atoms with Crippen molar-refractivity contribution in [3.05, 3.63) is 65.7 Å². The first-order valence-corrected chi connectivity index (χ1v) is 9.46. The van der Waals surface area contributed by atoms with E-state index in [0.29, 0.717) is 38.2 Å². The average Bonchev–Trinajstić information content (AvgIpc) is 3.52. The number of aromatic nitrogens is 1. The molecule has 1 unspecified atom stereocenters. The third kappa shape index (κ3) is 3.73. The van der Waals surface area contributed by atoms with Gasteiger partial charge in [-0.2, -0.15) is 0 Å². The van der Waals surface area contributed by atoms with E-state index in [0.717, 1.165) is 18.7 Å². The summed E-state index contributed by atoms with van der Waals surface area (Å²) in [7, 11) is 0. The van der Waals surface area contributed by atoms with Crippen LogP contribution in [-0.2, 0) is 14.9 Å². The van der Waals surface area contributed by atoms with E-state index in [1.807, 2.05) is 18.3 Å². The highest BCUT2D eigenvalue weighted by atomic mass is 19.1. The highest BCUT2D eigenvalue weighted by molar-refractivity contribution is 5.91. The molecule has 2 fully saturated rings. The fourth-order valence-corrected chi connectivity index (χ4v) is 3.87. The van der Waals surface area contributed by atoms with Gasteiger partial charge in [-0.05, 0) is 30.5 Å². The Labute approximate surface area is 158 Å². The number of carbonyl (C=O) groups is 1. The number of nitrogens with one attached hydrogen (secondary N) is 1. The summed E-state index contributed by atoms with van der Waals surface area (Å²) < 4.78 is 19.7. The van der Waals surface area contributed by atoms with Crippen LogP contribution in [0.1, 0.15) is 30.0 Å². The van der Waals surface area contributed by atoms with Crippen molar-refractivity contribution in [3.8, 4) is 0 Å². The molecule has 1 aliphatic carbocycles. The summed E-state index contributed by atoms with van der Waals surface area (Å²) in [5.74, 6) is -0.392. The second-order valence-corrected chi connectivity index (χ2v) is 7.22. The first-order chi connectivity index (χ1) is 13.2. The molecular formula is C21H24FN3O2. The maximum atomic E-state index is 14.2. The molecule has 0 radical (unpaired) electrons. The summed E-state index contributed by atoms with van der Waals surface area (Å²) in [6.45, 7) is 3.47. The number of halogens is 1. The van der Waals surface area contributed by atoms with Crippen LogP contribution in [0.3, 0.4) is 0 Å². The van der Waals surface area contributed by atoms with Crippen molar-refractivity contribution in [2.24, 2.45) is 0 Å². The van der Waals surface area contributed by atoms with Gasteiger partial charge in [0, 0.05) is 37.6 Å². The third-order valence-corrected chi connectivity index (χ3v) is 5.59. The number of pyridine rings is 1. The molecule has 2 heterocycles. The predicted octanol–water partition coefficient (Wildman–Crippen LogP) is 2.44. The molecule has 1 aromatic heterocycles. The second-order valence-electron chi connectivity index (χ2n) is 7.22. The molecule has 27 heavy (non-hydrogen) atoms. The van der Waals surface area contributed by atoms with E-state index < -0.39 is 5.41 Å². The van der Waals surface area contributed by atoms with Gasteiger partial charge in [-0.3, -0.25) is 14.7 Å². The van der Waals surface area contributed by atoms with Crippen molar-refractivity contribution < 1.29 is 13.9 Å². The van der Waals surface area contributed by atoms with Crippen LogP contribution < -0.4 is 5.32 Å². The molecule has 0 spiro atoms. The largest absolute Gasteiger partial charge is 0.379 e. The maximum Gasteiger partial charge on any atom is 0.230 e. The number of benzene rings is 1. The topological polar surface area (TPSA) is 54.5 Å². The van der Waals surface area contributed by atoms with Crippen LogP contribution in [0.25, 0.3) is 0 Å². The summed E-state index contributed by atoms with van der Waals surface area (Å²) in [4.78, 5) is 19.5. The Morgan fingerprint density at radius 3 is 2.67 bits per heavy atom. The van der Waals surface area contributed by atoms with E-state index in [1.54, 1.807) is 24.4 Å². The molecule has 2 aliphatic rings. The molecular weight excluding hydrogens is 345 g/mol. The predicted molar refractivity (Wildman–Crippen MR) is 99.7 cm³/mol. The van der Waals surface area contributed by atoms with Crippen LogP contribution in [0.5, 0.6) is 0 Å². The van der Waals surface area contributed by atoms with Gasteiger partial charge in [-0.1, -0.05) is 24.3 Å². The van der Waals surface area contributed by atoms with Crippen molar-refractivity contribution in [3.63, 3.8) is 0 Å². The number of nitrogens with zero attached hydrogens (tertiary/aromatic N) is 2. The van der Waals surface area contributed by atoms with Gasteiger partial charge in [0.05, 0.1) is 24.7 Å². The number of morpholine rings is 1. The number of rotatable bonds is 6. The summed E-state index contributed by atoms with van der Waals surface area (Å²) in [5, 5.41) is 3.09. The smallest absolute Gasteiger partial charge is 0.230 e. The van der Waals surface area contributed by atoms with Crippen molar-refractivity contribution in [1.82, 2.24) is 15.2 Å². The molecule has 1 saturated heterocycles.